The SMILES string of the molecule is CC(C(=O)Oc1ccc(-c2ccc(C#N)cc2)c(F)c1)C(=O)Oc1ccc(-c2ccc(OC(F)(F)F)c(F)c2)c(F)c1. The number of halogens is 6. The van der Waals surface area contributed by atoms with Gasteiger partial charge in [-0.2, -0.15) is 5.26 Å². The summed E-state index contributed by atoms with van der Waals surface area (Å²) in [5, 5.41) is 8.88. The van der Waals surface area contributed by atoms with Crippen LogP contribution in [-0.2, 0) is 9.59 Å². The lowest BCUT2D eigenvalue weighted by molar-refractivity contribution is -0.275. The molecule has 0 bridgehead atoms. The Morgan fingerprint density at radius 2 is 1.21 bits per heavy atom. The molecule has 4 rings (SSSR count). The average molecular weight is 585 g/mol. The van der Waals surface area contributed by atoms with Crippen molar-refractivity contribution in [2.75, 3.05) is 0 Å². The van der Waals surface area contributed by atoms with Gasteiger partial charge in [0.2, 0.25) is 0 Å². The maximum Gasteiger partial charge on any atom is 0.573 e. The van der Waals surface area contributed by atoms with E-state index in [-0.39, 0.29) is 28.2 Å². The molecule has 0 radical (unpaired) electrons. The van der Waals surface area contributed by atoms with Crippen LogP contribution in [0.15, 0.2) is 78.9 Å². The fraction of sp³-hybridized carbons (Fsp3) is 0.100. The van der Waals surface area contributed by atoms with Crippen LogP contribution >= 0.6 is 0 Å². The summed E-state index contributed by atoms with van der Waals surface area (Å²) in [4.78, 5) is 24.9. The minimum absolute atomic E-state index is 0.119. The number of benzene rings is 4. The molecule has 0 heterocycles. The van der Waals surface area contributed by atoms with Crippen LogP contribution in [-0.4, -0.2) is 18.3 Å². The van der Waals surface area contributed by atoms with Crippen molar-refractivity contribution in [3.05, 3.63) is 102 Å². The zero-order chi connectivity index (χ0) is 30.6. The molecule has 4 aromatic rings. The molecule has 1 atom stereocenters. The van der Waals surface area contributed by atoms with Crippen LogP contribution in [0.4, 0.5) is 26.3 Å². The molecule has 0 N–H and O–H groups in total. The van der Waals surface area contributed by atoms with Crippen molar-refractivity contribution in [3.8, 4) is 45.6 Å². The number of nitrogens with zero attached hydrogens (tertiary/aromatic N) is 1. The number of carbonyl (C=O) groups is 2. The Balaban J connectivity index is 1.40. The standard InChI is InChI=1S/C30H17F6NO5/c1-16(28(38)40-20-7-9-22(24(31)13-20)18-4-2-17(15-37)3-5-18)29(39)41-21-8-10-23(25(32)14-21)19-6-11-27(26(33)12-19)42-30(34,35)36/h2-14,16H,1H3. The summed E-state index contributed by atoms with van der Waals surface area (Å²) in [6.07, 6.45) is -5.11. The van der Waals surface area contributed by atoms with Crippen LogP contribution in [0.5, 0.6) is 17.2 Å². The lowest BCUT2D eigenvalue weighted by Gasteiger charge is -2.13. The van der Waals surface area contributed by atoms with Gasteiger partial charge in [0.05, 0.1) is 11.6 Å². The molecule has 0 aliphatic heterocycles. The van der Waals surface area contributed by atoms with Gasteiger partial charge in [0.25, 0.3) is 0 Å². The highest BCUT2D eigenvalue weighted by molar-refractivity contribution is 5.96. The van der Waals surface area contributed by atoms with Gasteiger partial charge in [-0.05, 0) is 66.6 Å². The zero-order valence-electron chi connectivity index (χ0n) is 21.3. The normalized spacial score (nSPS) is 11.8. The van der Waals surface area contributed by atoms with E-state index in [9.17, 15) is 35.9 Å². The van der Waals surface area contributed by atoms with E-state index in [1.165, 1.54) is 24.3 Å². The summed E-state index contributed by atoms with van der Waals surface area (Å²) < 4.78 is 94.1. The molecule has 0 aromatic heterocycles. The van der Waals surface area contributed by atoms with Crippen LogP contribution < -0.4 is 14.2 Å². The Hall–Kier alpha value is -5.31. The summed E-state index contributed by atoms with van der Waals surface area (Å²) in [6, 6.07) is 17.0. The lowest BCUT2D eigenvalue weighted by Crippen LogP contribution is -2.29. The molecule has 214 valence electrons. The van der Waals surface area contributed by atoms with Crippen molar-refractivity contribution in [1.29, 1.82) is 5.26 Å². The fourth-order valence-corrected chi connectivity index (χ4v) is 3.69. The third kappa shape index (κ3) is 7.06. The number of ether oxygens (including phenoxy) is 3. The maximum atomic E-state index is 14.7. The van der Waals surface area contributed by atoms with Crippen molar-refractivity contribution in [2.24, 2.45) is 5.92 Å². The first kappa shape index (κ1) is 29.7. The Bertz CT molecular complexity index is 1700. The third-order valence-corrected chi connectivity index (χ3v) is 5.82. The van der Waals surface area contributed by atoms with Gasteiger partial charge in [-0.25, -0.2) is 13.2 Å². The molecule has 0 saturated heterocycles. The quantitative estimate of drug-likeness (QED) is 0.0976. The van der Waals surface area contributed by atoms with E-state index in [0.717, 1.165) is 37.3 Å². The third-order valence-electron chi connectivity index (χ3n) is 5.82. The molecule has 12 heteroatoms. The van der Waals surface area contributed by atoms with Gasteiger partial charge in [0.1, 0.15) is 23.1 Å². The average Bonchev–Trinajstić information content (AvgIpc) is 2.93. The van der Waals surface area contributed by atoms with Gasteiger partial charge in [0.15, 0.2) is 17.5 Å². The van der Waals surface area contributed by atoms with Gasteiger partial charge in [-0.1, -0.05) is 18.2 Å². The van der Waals surface area contributed by atoms with Crippen LogP contribution in [0.2, 0.25) is 0 Å². The molecule has 6 nitrogen and oxygen atoms in total. The minimum atomic E-state index is -5.11. The van der Waals surface area contributed by atoms with E-state index in [0.29, 0.717) is 23.3 Å². The molecule has 1 unspecified atom stereocenters. The summed E-state index contributed by atoms with van der Waals surface area (Å²) in [5.74, 6) is -8.43. The molecule has 0 fully saturated rings. The number of alkyl halides is 3. The topological polar surface area (TPSA) is 85.6 Å². The molecule has 0 aliphatic rings. The first-order chi connectivity index (χ1) is 19.8. The maximum absolute atomic E-state index is 14.7. The zero-order valence-corrected chi connectivity index (χ0v) is 21.3. The van der Waals surface area contributed by atoms with Gasteiger partial charge in [0, 0.05) is 23.3 Å². The Kier molecular flexibility index (Phi) is 8.51. The molecule has 42 heavy (non-hydrogen) atoms. The molecule has 4 aromatic carbocycles. The summed E-state index contributed by atoms with van der Waals surface area (Å²) in [6.45, 7) is 1.16. The highest BCUT2D eigenvalue weighted by Crippen LogP contribution is 2.32. The largest absolute Gasteiger partial charge is 0.573 e. The number of carbonyl (C=O) groups excluding carboxylic acids is 2. The van der Waals surface area contributed by atoms with E-state index >= 15 is 0 Å². The van der Waals surface area contributed by atoms with E-state index < -0.39 is 47.4 Å². The molecular formula is C30H17F6NO5. The van der Waals surface area contributed by atoms with E-state index in [4.69, 9.17) is 14.7 Å². The molecule has 0 aliphatic carbocycles. The predicted molar refractivity (Wildman–Crippen MR) is 135 cm³/mol. The molecule has 0 amide bonds. The lowest BCUT2D eigenvalue weighted by atomic mass is 10.0. The second kappa shape index (κ2) is 12.1. The summed E-state index contributed by atoms with van der Waals surface area (Å²) in [5.41, 5.74) is 0.730. The Morgan fingerprint density at radius 1 is 0.714 bits per heavy atom. The van der Waals surface area contributed by atoms with Crippen LogP contribution in [0.1, 0.15) is 12.5 Å². The Morgan fingerprint density at radius 3 is 1.67 bits per heavy atom. The fourth-order valence-electron chi connectivity index (χ4n) is 3.69. The van der Waals surface area contributed by atoms with E-state index in [1.807, 2.05) is 6.07 Å². The number of hydrogen-bond donors (Lipinski definition) is 0. The second-order valence-electron chi connectivity index (χ2n) is 8.73. The summed E-state index contributed by atoms with van der Waals surface area (Å²) >= 11 is 0. The van der Waals surface area contributed by atoms with Crippen LogP contribution in [0.3, 0.4) is 0 Å². The van der Waals surface area contributed by atoms with Crippen molar-refractivity contribution in [3.63, 3.8) is 0 Å². The van der Waals surface area contributed by atoms with Gasteiger partial charge in [-0.15, -0.1) is 13.2 Å². The highest BCUT2D eigenvalue weighted by Gasteiger charge is 2.32. The smallest absolute Gasteiger partial charge is 0.426 e. The number of nitriles is 1. The van der Waals surface area contributed by atoms with Gasteiger partial charge < -0.3 is 14.2 Å². The van der Waals surface area contributed by atoms with Crippen molar-refractivity contribution in [1.82, 2.24) is 0 Å². The van der Waals surface area contributed by atoms with E-state index in [1.54, 1.807) is 12.1 Å². The number of rotatable bonds is 7. The van der Waals surface area contributed by atoms with Crippen molar-refractivity contribution >= 4 is 11.9 Å². The molecular weight excluding hydrogens is 568 g/mol. The van der Waals surface area contributed by atoms with Crippen molar-refractivity contribution < 1.29 is 50.1 Å². The first-order valence-electron chi connectivity index (χ1n) is 11.9. The minimum Gasteiger partial charge on any atom is -0.426 e. The van der Waals surface area contributed by atoms with Gasteiger partial charge in [-0.3, -0.25) is 9.59 Å². The van der Waals surface area contributed by atoms with Gasteiger partial charge >= 0.3 is 18.3 Å². The molecule has 0 saturated carbocycles. The van der Waals surface area contributed by atoms with Crippen LogP contribution in [0.25, 0.3) is 22.3 Å². The van der Waals surface area contributed by atoms with E-state index in [2.05, 4.69) is 4.74 Å². The number of hydrogen-bond acceptors (Lipinski definition) is 6. The monoisotopic (exact) mass is 585 g/mol. The van der Waals surface area contributed by atoms with Crippen LogP contribution in [0, 0.1) is 34.7 Å². The highest BCUT2D eigenvalue weighted by atomic mass is 19.4. The summed E-state index contributed by atoms with van der Waals surface area (Å²) in [7, 11) is 0. The van der Waals surface area contributed by atoms with Crippen molar-refractivity contribution in [2.45, 2.75) is 13.3 Å². The Labute approximate surface area is 234 Å². The number of esters is 2. The predicted octanol–water partition coefficient (Wildman–Crippen LogP) is 7.36. The first-order valence-corrected chi connectivity index (χ1v) is 11.9. The molecule has 0 spiro atoms. The second-order valence-corrected chi connectivity index (χ2v) is 8.73.